The summed E-state index contributed by atoms with van der Waals surface area (Å²) in [5.74, 6) is 0. The van der Waals surface area contributed by atoms with Gasteiger partial charge in [0, 0.05) is 0 Å². The maximum atomic E-state index is 2.73. The van der Waals surface area contributed by atoms with Crippen LogP contribution in [0.4, 0.5) is 0 Å². The van der Waals surface area contributed by atoms with Crippen molar-refractivity contribution in [2.24, 2.45) is 0 Å². The van der Waals surface area contributed by atoms with Crippen LogP contribution >= 0.6 is 9.24 Å². The Morgan fingerprint density at radius 3 is 2.00 bits per heavy atom. The van der Waals surface area contributed by atoms with Gasteiger partial charge in [-0.2, -0.15) is 0 Å². The van der Waals surface area contributed by atoms with E-state index in [4.69, 9.17) is 0 Å². The Morgan fingerprint density at radius 2 is 1.86 bits per heavy atom. The van der Waals surface area contributed by atoms with Crippen molar-refractivity contribution < 1.29 is 18.9 Å². The van der Waals surface area contributed by atoms with E-state index in [1.807, 2.05) is 0 Å². The summed E-state index contributed by atoms with van der Waals surface area (Å²) in [5.41, 5.74) is 0. The van der Waals surface area contributed by atoms with Gasteiger partial charge in [-0.1, -0.05) is 19.8 Å². The van der Waals surface area contributed by atoms with E-state index in [9.17, 15) is 0 Å². The molecule has 0 aromatic carbocycles. The molecule has 0 spiro atoms. The van der Waals surface area contributed by atoms with E-state index in [1.165, 1.54) is 25.4 Å². The number of hydrogen-bond donors (Lipinski definition) is 0. The topological polar surface area (TPSA) is 0 Å². The minimum atomic E-state index is 0. The Hall–Kier alpha value is 1.03. The molecule has 1 unspecified atom stereocenters. The molecule has 0 bridgehead atoms. The fourth-order valence-corrected chi connectivity index (χ4v) is 0.683. The second kappa shape index (κ2) is 10.1. The summed E-state index contributed by atoms with van der Waals surface area (Å²) in [4.78, 5) is 0. The first-order valence-corrected chi connectivity index (χ1v) is 3.43. The van der Waals surface area contributed by atoms with Crippen molar-refractivity contribution in [3.05, 3.63) is 0 Å². The number of rotatable bonds is 3. The first-order valence-electron chi connectivity index (χ1n) is 2.62. The van der Waals surface area contributed by atoms with Gasteiger partial charge in [-0.25, -0.2) is 0 Å². The van der Waals surface area contributed by atoms with Crippen molar-refractivity contribution in [1.29, 1.82) is 0 Å². The van der Waals surface area contributed by atoms with Gasteiger partial charge in [0.25, 0.3) is 0 Å². The SMILES string of the molecule is CCCCCP.[Li+]. The van der Waals surface area contributed by atoms with Crippen molar-refractivity contribution in [3.8, 4) is 0 Å². The van der Waals surface area contributed by atoms with Crippen molar-refractivity contribution in [1.82, 2.24) is 0 Å². The second-order valence-corrected chi connectivity index (χ2v) is 2.07. The smallest absolute Gasteiger partial charge is 0.138 e. The van der Waals surface area contributed by atoms with Crippen LogP contribution in [0.15, 0.2) is 0 Å². The molecule has 0 aliphatic carbocycles. The van der Waals surface area contributed by atoms with Crippen LogP contribution in [0, 0.1) is 0 Å². The average molecular weight is 111 g/mol. The zero-order valence-corrected chi connectivity index (χ0v) is 6.56. The molecule has 38 valence electrons. The summed E-state index contributed by atoms with van der Waals surface area (Å²) >= 11 is 0. The Labute approximate surface area is 60.8 Å². The molecule has 0 amide bonds. The van der Waals surface area contributed by atoms with Gasteiger partial charge in [-0.15, -0.1) is 9.24 Å². The summed E-state index contributed by atoms with van der Waals surface area (Å²) in [6.07, 6.45) is 5.38. The van der Waals surface area contributed by atoms with Crippen LogP contribution in [0.5, 0.6) is 0 Å². The quantitative estimate of drug-likeness (QED) is 0.250. The molecule has 2 heteroatoms. The third-order valence-electron chi connectivity index (χ3n) is 0.808. The normalized spacial score (nSPS) is 7.71. The van der Waals surface area contributed by atoms with Gasteiger partial charge in [0.15, 0.2) is 0 Å². The molecule has 0 heterocycles. The largest absolute Gasteiger partial charge is 1.00 e. The van der Waals surface area contributed by atoms with Crippen LogP contribution in [0.1, 0.15) is 26.2 Å². The molecule has 0 nitrogen and oxygen atoms in total. The fraction of sp³-hybridized carbons (Fsp3) is 1.00. The van der Waals surface area contributed by atoms with Crippen LogP contribution < -0.4 is 18.9 Å². The maximum absolute atomic E-state index is 2.73. The first kappa shape index (κ1) is 10.9. The van der Waals surface area contributed by atoms with Gasteiger partial charge in [0.1, 0.15) is 0 Å². The fourth-order valence-electron chi connectivity index (χ4n) is 0.394. The standard InChI is InChI=1S/C5H13P.Li/c1-2-3-4-5-6;/h2-6H2,1H3;/q;+1. The van der Waals surface area contributed by atoms with Crippen LogP contribution in [-0.2, 0) is 0 Å². The molecular formula is C5H13LiP+. The summed E-state index contributed by atoms with van der Waals surface area (Å²) in [7, 11) is 2.73. The van der Waals surface area contributed by atoms with Crippen LogP contribution in [0.2, 0.25) is 0 Å². The molecule has 0 rings (SSSR count). The molecule has 0 N–H and O–H groups in total. The van der Waals surface area contributed by atoms with Crippen molar-refractivity contribution in [3.63, 3.8) is 0 Å². The van der Waals surface area contributed by atoms with Gasteiger partial charge in [0.2, 0.25) is 0 Å². The van der Waals surface area contributed by atoms with E-state index in [-0.39, 0.29) is 18.9 Å². The summed E-state index contributed by atoms with van der Waals surface area (Å²) in [5, 5.41) is 0. The molecule has 0 saturated heterocycles. The summed E-state index contributed by atoms with van der Waals surface area (Å²) < 4.78 is 0. The predicted molar refractivity (Wildman–Crippen MR) is 34.1 cm³/mol. The summed E-state index contributed by atoms with van der Waals surface area (Å²) in [6.45, 7) is 2.22. The minimum Gasteiger partial charge on any atom is -0.138 e. The van der Waals surface area contributed by atoms with Gasteiger partial charge < -0.3 is 0 Å². The van der Waals surface area contributed by atoms with Crippen molar-refractivity contribution >= 4 is 9.24 Å². The first-order chi connectivity index (χ1) is 2.91. The zero-order chi connectivity index (χ0) is 4.83. The van der Waals surface area contributed by atoms with Gasteiger partial charge >= 0.3 is 18.9 Å². The average Bonchev–Trinajstić information content (AvgIpc) is 1.61. The molecular weight excluding hydrogens is 98.0 g/mol. The third kappa shape index (κ3) is 11.0. The molecule has 0 aliphatic rings. The maximum Gasteiger partial charge on any atom is 1.00 e. The molecule has 0 radical (unpaired) electrons. The predicted octanol–water partition coefficient (Wildman–Crippen LogP) is -0.944. The van der Waals surface area contributed by atoms with E-state index in [2.05, 4.69) is 16.2 Å². The minimum absolute atomic E-state index is 0. The van der Waals surface area contributed by atoms with Crippen LogP contribution in [-0.4, -0.2) is 6.16 Å². The molecule has 0 aromatic heterocycles. The molecule has 0 saturated carbocycles. The second-order valence-electron chi connectivity index (χ2n) is 1.50. The Bertz CT molecular complexity index is 20.0. The monoisotopic (exact) mass is 111 g/mol. The van der Waals surface area contributed by atoms with E-state index in [1.54, 1.807) is 0 Å². The Morgan fingerprint density at radius 1 is 1.29 bits per heavy atom. The van der Waals surface area contributed by atoms with Gasteiger partial charge in [-0.05, 0) is 12.6 Å². The zero-order valence-electron chi connectivity index (χ0n) is 5.41. The Kier molecular flexibility index (Phi) is 15.7. The van der Waals surface area contributed by atoms with E-state index in [0.717, 1.165) is 0 Å². The molecule has 7 heavy (non-hydrogen) atoms. The molecule has 1 atom stereocenters. The number of unbranched alkanes of at least 4 members (excludes halogenated alkanes) is 2. The van der Waals surface area contributed by atoms with E-state index in [0.29, 0.717) is 0 Å². The van der Waals surface area contributed by atoms with E-state index < -0.39 is 0 Å². The van der Waals surface area contributed by atoms with Crippen molar-refractivity contribution in [2.75, 3.05) is 6.16 Å². The molecule has 0 fully saturated rings. The van der Waals surface area contributed by atoms with Crippen LogP contribution in [0.3, 0.4) is 0 Å². The summed E-state index contributed by atoms with van der Waals surface area (Å²) in [6, 6.07) is 0. The number of hydrogen-bond acceptors (Lipinski definition) is 0. The Balaban J connectivity index is 0. The van der Waals surface area contributed by atoms with E-state index >= 15 is 0 Å². The van der Waals surface area contributed by atoms with Gasteiger partial charge in [0.05, 0.1) is 0 Å². The molecule has 0 aliphatic heterocycles. The third-order valence-corrected chi connectivity index (χ3v) is 1.22. The van der Waals surface area contributed by atoms with Gasteiger partial charge in [-0.3, -0.25) is 0 Å². The molecule has 0 aromatic rings. The van der Waals surface area contributed by atoms with Crippen molar-refractivity contribution in [2.45, 2.75) is 26.2 Å². The van der Waals surface area contributed by atoms with Crippen LogP contribution in [0.25, 0.3) is 0 Å².